The van der Waals surface area contributed by atoms with Crippen LogP contribution >= 0.6 is 23.1 Å². The number of rotatable bonds is 6. The first-order chi connectivity index (χ1) is 12.1. The Bertz CT molecular complexity index is 865. The fourth-order valence-corrected chi connectivity index (χ4v) is 4.33. The van der Waals surface area contributed by atoms with Crippen LogP contribution in [0, 0.1) is 5.82 Å². The summed E-state index contributed by atoms with van der Waals surface area (Å²) in [7, 11) is 3.14. The number of hydrogen-bond donors (Lipinski definition) is 0. The molecule has 1 heterocycles. The quantitative estimate of drug-likeness (QED) is 0.605. The summed E-state index contributed by atoms with van der Waals surface area (Å²) in [6, 6.07) is 12.6. The zero-order valence-corrected chi connectivity index (χ0v) is 15.5. The summed E-state index contributed by atoms with van der Waals surface area (Å²) in [4.78, 5) is 18.4. The number of nitrogens with zero attached hydrogens (tertiary/aromatic N) is 2. The molecular formula is C18H17FN2O2S2. The van der Waals surface area contributed by atoms with Crippen molar-refractivity contribution in [1.82, 2.24) is 9.88 Å². The average molecular weight is 376 g/mol. The second-order valence-electron chi connectivity index (χ2n) is 5.45. The third-order valence-corrected chi connectivity index (χ3v) is 5.82. The lowest BCUT2D eigenvalue weighted by atomic mass is 10.2. The molecule has 0 N–H and O–H groups in total. The molecule has 0 atom stereocenters. The smallest absolute Gasteiger partial charge is 0.233 e. The maximum absolute atomic E-state index is 13.7. The van der Waals surface area contributed by atoms with E-state index in [0.717, 1.165) is 20.1 Å². The van der Waals surface area contributed by atoms with Crippen molar-refractivity contribution in [3.63, 3.8) is 0 Å². The summed E-state index contributed by atoms with van der Waals surface area (Å²) in [5.41, 5.74) is 1.67. The predicted molar refractivity (Wildman–Crippen MR) is 99.8 cm³/mol. The number of carbonyl (C=O) groups is 1. The molecule has 0 bridgehead atoms. The number of para-hydroxylation sites is 1. The summed E-state index contributed by atoms with van der Waals surface area (Å²) in [6.45, 7) is 0.347. The van der Waals surface area contributed by atoms with E-state index in [0.29, 0.717) is 12.3 Å². The van der Waals surface area contributed by atoms with Crippen molar-refractivity contribution < 1.29 is 13.9 Å². The van der Waals surface area contributed by atoms with Crippen molar-refractivity contribution in [2.45, 2.75) is 10.9 Å². The van der Waals surface area contributed by atoms with Gasteiger partial charge in [0.25, 0.3) is 0 Å². The van der Waals surface area contributed by atoms with Crippen molar-refractivity contribution in [3.8, 4) is 5.75 Å². The van der Waals surface area contributed by atoms with E-state index in [-0.39, 0.29) is 11.7 Å². The Labute approximate surface area is 153 Å². The lowest BCUT2D eigenvalue weighted by molar-refractivity contribution is -0.127. The van der Waals surface area contributed by atoms with Crippen LogP contribution < -0.4 is 4.74 Å². The van der Waals surface area contributed by atoms with E-state index in [2.05, 4.69) is 4.98 Å². The predicted octanol–water partition coefficient (Wildman–Crippen LogP) is 4.19. The Morgan fingerprint density at radius 2 is 2.12 bits per heavy atom. The van der Waals surface area contributed by atoms with Gasteiger partial charge in [0.05, 0.1) is 23.1 Å². The largest absolute Gasteiger partial charge is 0.494 e. The number of thiazole rings is 1. The van der Waals surface area contributed by atoms with Gasteiger partial charge in [-0.05, 0) is 29.8 Å². The molecule has 1 aromatic heterocycles. The number of carbonyl (C=O) groups excluding carboxylic acids is 1. The van der Waals surface area contributed by atoms with Crippen LogP contribution in [0.4, 0.5) is 4.39 Å². The van der Waals surface area contributed by atoms with Gasteiger partial charge in [0.2, 0.25) is 5.91 Å². The maximum Gasteiger partial charge on any atom is 0.233 e. The van der Waals surface area contributed by atoms with Gasteiger partial charge in [0.1, 0.15) is 0 Å². The van der Waals surface area contributed by atoms with Crippen LogP contribution in [0.15, 0.2) is 46.8 Å². The molecule has 0 saturated carbocycles. The van der Waals surface area contributed by atoms with Gasteiger partial charge >= 0.3 is 0 Å². The van der Waals surface area contributed by atoms with Crippen molar-refractivity contribution >= 4 is 39.2 Å². The zero-order chi connectivity index (χ0) is 17.8. The molecule has 25 heavy (non-hydrogen) atoms. The fraction of sp³-hybridized carbons (Fsp3) is 0.222. The Balaban J connectivity index is 1.57. The molecule has 0 fully saturated rings. The minimum Gasteiger partial charge on any atom is -0.494 e. The van der Waals surface area contributed by atoms with E-state index in [1.807, 2.05) is 24.3 Å². The molecule has 130 valence electrons. The zero-order valence-electron chi connectivity index (χ0n) is 13.9. The van der Waals surface area contributed by atoms with Gasteiger partial charge in [-0.3, -0.25) is 4.79 Å². The third-order valence-electron chi connectivity index (χ3n) is 3.66. The highest BCUT2D eigenvalue weighted by Crippen LogP contribution is 2.29. The first kappa shape index (κ1) is 17.7. The molecule has 3 aromatic rings. The number of hydrogen-bond acceptors (Lipinski definition) is 5. The number of ether oxygens (including phenoxy) is 1. The molecule has 1 amide bonds. The number of methoxy groups -OCH3 is 1. The molecule has 0 aliphatic carbocycles. The summed E-state index contributed by atoms with van der Waals surface area (Å²) in [5, 5.41) is 0. The molecule has 0 aliphatic rings. The van der Waals surface area contributed by atoms with Crippen LogP contribution in [0.1, 0.15) is 5.56 Å². The second kappa shape index (κ2) is 7.84. The maximum atomic E-state index is 13.7. The van der Waals surface area contributed by atoms with Crippen LogP contribution in [0.25, 0.3) is 10.2 Å². The van der Waals surface area contributed by atoms with Crippen LogP contribution in [0.3, 0.4) is 0 Å². The molecule has 2 aromatic carbocycles. The summed E-state index contributed by atoms with van der Waals surface area (Å²) < 4.78 is 20.6. The third kappa shape index (κ3) is 4.29. The average Bonchev–Trinajstić information content (AvgIpc) is 3.02. The number of fused-ring (bicyclic) bond motifs is 1. The Morgan fingerprint density at radius 3 is 2.84 bits per heavy atom. The van der Waals surface area contributed by atoms with Crippen molar-refractivity contribution in [3.05, 3.63) is 53.8 Å². The minimum absolute atomic E-state index is 0.0273. The molecule has 0 saturated heterocycles. The topological polar surface area (TPSA) is 42.4 Å². The fourth-order valence-electron chi connectivity index (χ4n) is 2.32. The highest BCUT2D eigenvalue weighted by Gasteiger charge is 2.13. The Morgan fingerprint density at radius 1 is 1.32 bits per heavy atom. The van der Waals surface area contributed by atoms with Gasteiger partial charge in [-0.15, -0.1) is 11.3 Å². The van der Waals surface area contributed by atoms with Crippen molar-refractivity contribution in [2.75, 3.05) is 19.9 Å². The first-order valence-corrected chi connectivity index (χ1v) is 9.42. The molecule has 0 unspecified atom stereocenters. The second-order valence-corrected chi connectivity index (χ2v) is 7.71. The number of thioether (sulfide) groups is 1. The van der Waals surface area contributed by atoms with E-state index >= 15 is 0 Å². The van der Waals surface area contributed by atoms with Crippen LogP contribution in [-0.4, -0.2) is 35.7 Å². The highest BCUT2D eigenvalue weighted by atomic mass is 32.2. The molecule has 4 nitrogen and oxygen atoms in total. The number of benzene rings is 2. The van der Waals surface area contributed by atoms with Crippen molar-refractivity contribution in [1.29, 1.82) is 0 Å². The minimum atomic E-state index is -0.426. The monoisotopic (exact) mass is 376 g/mol. The normalized spacial score (nSPS) is 10.8. The van der Waals surface area contributed by atoms with Gasteiger partial charge in [-0.25, -0.2) is 9.37 Å². The molecule has 0 radical (unpaired) electrons. The van der Waals surface area contributed by atoms with Crippen LogP contribution in [-0.2, 0) is 11.3 Å². The molecule has 7 heteroatoms. The van der Waals surface area contributed by atoms with E-state index in [1.54, 1.807) is 35.4 Å². The SMILES string of the molecule is COc1ccc(CN(C)C(=O)CSc2nc3ccccc3s2)cc1F. The van der Waals surface area contributed by atoms with Gasteiger partial charge in [0, 0.05) is 13.6 Å². The van der Waals surface area contributed by atoms with Gasteiger partial charge < -0.3 is 9.64 Å². The van der Waals surface area contributed by atoms with Crippen molar-refractivity contribution in [2.24, 2.45) is 0 Å². The van der Waals surface area contributed by atoms with Gasteiger partial charge in [-0.2, -0.15) is 0 Å². The lowest BCUT2D eigenvalue weighted by Crippen LogP contribution is -2.27. The summed E-state index contributed by atoms with van der Waals surface area (Å²) in [6.07, 6.45) is 0. The molecule has 3 rings (SSSR count). The molecular weight excluding hydrogens is 359 g/mol. The summed E-state index contributed by atoms with van der Waals surface area (Å²) >= 11 is 3.00. The molecule has 0 aliphatic heterocycles. The van der Waals surface area contributed by atoms with Gasteiger partial charge in [0.15, 0.2) is 15.9 Å². The van der Waals surface area contributed by atoms with Crippen LogP contribution in [0.5, 0.6) is 5.75 Å². The van der Waals surface area contributed by atoms with E-state index in [1.165, 1.54) is 24.9 Å². The van der Waals surface area contributed by atoms with Gasteiger partial charge in [-0.1, -0.05) is 30.0 Å². The Hall–Kier alpha value is -2.12. The van der Waals surface area contributed by atoms with Crippen LogP contribution in [0.2, 0.25) is 0 Å². The summed E-state index contributed by atoms with van der Waals surface area (Å²) in [5.74, 6) is 0.0453. The standard InChI is InChI=1S/C18H17FN2O2S2/c1-21(10-12-7-8-15(23-2)13(19)9-12)17(22)11-24-18-20-14-5-3-4-6-16(14)25-18/h3-9H,10-11H2,1-2H3. The first-order valence-electron chi connectivity index (χ1n) is 7.61. The van der Waals surface area contributed by atoms with E-state index in [9.17, 15) is 9.18 Å². The number of aromatic nitrogens is 1. The number of amides is 1. The van der Waals surface area contributed by atoms with E-state index in [4.69, 9.17) is 4.74 Å². The number of halogens is 1. The Kier molecular flexibility index (Phi) is 5.55. The molecule has 0 spiro atoms. The lowest BCUT2D eigenvalue weighted by Gasteiger charge is -2.17. The highest BCUT2D eigenvalue weighted by molar-refractivity contribution is 8.01. The van der Waals surface area contributed by atoms with E-state index < -0.39 is 5.82 Å².